The first-order valence-corrected chi connectivity index (χ1v) is 13.6. The van der Waals surface area contributed by atoms with Crippen molar-refractivity contribution >= 4 is 24.7 Å². The summed E-state index contributed by atoms with van der Waals surface area (Å²) in [5.41, 5.74) is 0.152. The van der Waals surface area contributed by atoms with Crippen LogP contribution in [0.25, 0.3) is 0 Å². The molecule has 2 saturated heterocycles. The SMILES string of the molecule is C[C-]1CCCCCCC(CN2CCC3(CC2)CN(c2ccc(P(=O)(O)O)cc2)C(=O)O3)C1.[CH3-].[Rb+]. The Kier molecular flexibility index (Phi) is 12.0. The summed E-state index contributed by atoms with van der Waals surface area (Å²) < 4.78 is 17.3. The molecule has 1 saturated carbocycles. The molecule has 1 aromatic carbocycles. The summed E-state index contributed by atoms with van der Waals surface area (Å²) in [5, 5.41) is -0.0470. The zero-order valence-electron chi connectivity index (χ0n) is 21.0. The number of carbonyl (C=O) groups excluding carboxylic acids is 1. The van der Waals surface area contributed by atoms with Crippen LogP contribution in [0.5, 0.6) is 0 Å². The number of hydrogen-bond acceptors (Lipinski definition) is 4. The van der Waals surface area contributed by atoms with E-state index in [0.29, 0.717) is 12.2 Å². The van der Waals surface area contributed by atoms with Gasteiger partial charge in [-0.1, -0.05) is 38.0 Å². The van der Waals surface area contributed by atoms with Gasteiger partial charge in [-0.15, -0.1) is 0 Å². The van der Waals surface area contributed by atoms with Crippen LogP contribution >= 0.6 is 7.60 Å². The Hall–Kier alpha value is 0.405. The number of likely N-dealkylation sites (tertiary alicyclic amines) is 1. The molecular weight excluding hydrogens is 525 g/mol. The molecule has 1 amide bonds. The van der Waals surface area contributed by atoms with Crippen LogP contribution in [0.15, 0.2) is 24.3 Å². The molecule has 7 nitrogen and oxygen atoms in total. The average Bonchev–Trinajstić information content (AvgIpc) is 3.11. The number of ether oxygens (including phenoxy) is 1. The summed E-state index contributed by atoms with van der Waals surface area (Å²) in [7, 11) is -4.29. The maximum absolute atomic E-state index is 12.6. The van der Waals surface area contributed by atoms with Crippen molar-refractivity contribution in [3.05, 3.63) is 37.6 Å². The molecule has 1 unspecified atom stereocenters. The molecule has 1 aliphatic carbocycles. The van der Waals surface area contributed by atoms with Crippen molar-refractivity contribution in [2.24, 2.45) is 5.92 Å². The molecule has 3 aliphatic rings. The number of amides is 1. The molecule has 2 N–H and O–H groups in total. The standard InChI is InChI=1S/C24H36N2O5P.CH3.Rb/c1-19-6-4-2-3-5-7-20(16-19)17-25-14-12-24(13-15-25)18-26(23(27)31-24)21-8-10-22(11-9-21)32(28,29)30;;/h8-11,20H,2-7,12-18H2,1H3,(H2,28,29,30);1H3;/q2*-1;+1. The largest absolute Gasteiger partial charge is 1.00 e. The quantitative estimate of drug-likeness (QED) is 0.428. The predicted octanol–water partition coefficient (Wildman–Crippen LogP) is 1.69. The fourth-order valence-corrected chi connectivity index (χ4v) is 6.02. The maximum atomic E-state index is 12.6. The van der Waals surface area contributed by atoms with Gasteiger partial charge >= 0.3 is 71.9 Å². The zero-order chi connectivity index (χ0) is 22.8. The third kappa shape index (κ3) is 7.95. The van der Waals surface area contributed by atoms with E-state index < -0.39 is 13.2 Å². The maximum Gasteiger partial charge on any atom is 1.00 e. The van der Waals surface area contributed by atoms with Crippen molar-refractivity contribution in [3.8, 4) is 0 Å². The number of hydrogen-bond donors (Lipinski definition) is 2. The number of anilines is 1. The Morgan fingerprint density at radius 3 is 2.41 bits per heavy atom. The van der Waals surface area contributed by atoms with E-state index in [1.54, 1.807) is 23.0 Å². The molecule has 1 aromatic rings. The Balaban J connectivity index is 0.00000204. The second kappa shape index (κ2) is 13.3. The molecular formula is C25H39N2O5PRb-. The topological polar surface area (TPSA) is 90.3 Å². The van der Waals surface area contributed by atoms with Crippen LogP contribution in [0, 0.1) is 19.3 Å². The van der Waals surface area contributed by atoms with E-state index in [1.165, 1.54) is 57.1 Å². The van der Waals surface area contributed by atoms with E-state index >= 15 is 0 Å². The first kappa shape index (κ1) is 30.6. The van der Waals surface area contributed by atoms with Crippen molar-refractivity contribution in [3.63, 3.8) is 0 Å². The van der Waals surface area contributed by atoms with Crippen LogP contribution in [-0.2, 0) is 9.30 Å². The van der Waals surface area contributed by atoms with Gasteiger partial charge in [0, 0.05) is 31.6 Å². The van der Waals surface area contributed by atoms with E-state index in [-0.39, 0.29) is 77.0 Å². The average molecular weight is 564 g/mol. The van der Waals surface area contributed by atoms with E-state index in [1.807, 2.05) is 0 Å². The molecule has 0 aromatic heterocycles. The number of carbonyl (C=O) groups is 1. The van der Waals surface area contributed by atoms with Crippen molar-refractivity contribution in [1.29, 1.82) is 0 Å². The second-order valence-corrected chi connectivity index (χ2v) is 11.6. The molecule has 2 aliphatic heterocycles. The van der Waals surface area contributed by atoms with Crippen LogP contribution in [0.1, 0.15) is 64.7 Å². The molecule has 1 spiro atoms. The second-order valence-electron chi connectivity index (χ2n) is 9.98. The Bertz CT molecular complexity index is 838. The summed E-state index contributed by atoms with van der Waals surface area (Å²) in [6, 6.07) is 5.93. The fourth-order valence-electron chi connectivity index (χ4n) is 5.48. The van der Waals surface area contributed by atoms with E-state index in [0.717, 1.165) is 38.4 Å². The number of nitrogens with zero attached hydrogens (tertiary/aromatic N) is 2. The molecule has 1 atom stereocenters. The molecule has 186 valence electrons. The number of piperidine rings is 1. The van der Waals surface area contributed by atoms with Crippen molar-refractivity contribution in [2.45, 2.75) is 70.3 Å². The van der Waals surface area contributed by atoms with Crippen molar-refractivity contribution < 1.29 is 82.1 Å². The minimum Gasteiger partial charge on any atom is -0.441 e. The molecule has 0 bridgehead atoms. The van der Waals surface area contributed by atoms with Crippen LogP contribution in [0.3, 0.4) is 0 Å². The Morgan fingerprint density at radius 2 is 1.76 bits per heavy atom. The van der Waals surface area contributed by atoms with Crippen molar-refractivity contribution in [1.82, 2.24) is 4.90 Å². The third-order valence-electron chi connectivity index (χ3n) is 7.35. The normalized spacial score (nSPS) is 24.4. The van der Waals surface area contributed by atoms with Gasteiger partial charge in [0.1, 0.15) is 5.60 Å². The third-order valence-corrected chi connectivity index (χ3v) is 8.33. The monoisotopic (exact) mass is 563 g/mol. The summed E-state index contributed by atoms with van der Waals surface area (Å²) >= 11 is 0. The Labute approximate surface area is 253 Å². The minimum absolute atomic E-state index is 0. The molecule has 9 heteroatoms. The van der Waals surface area contributed by atoms with Gasteiger partial charge in [-0.3, -0.25) is 9.46 Å². The van der Waals surface area contributed by atoms with Gasteiger partial charge in [0.2, 0.25) is 0 Å². The van der Waals surface area contributed by atoms with Gasteiger partial charge in [0.15, 0.2) is 0 Å². The van der Waals surface area contributed by atoms with E-state index in [9.17, 15) is 19.1 Å². The van der Waals surface area contributed by atoms with Gasteiger partial charge in [-0.25, -0.2) is 4.79 Å². The molecule has 4 rings (SSSR count). The van der Waals surface area contributed by atoms with Crippen molar-refractivity contribution in [2.75, 3.05) is 31.1 Å². The zero-order valence-corrected chi connectivity index (χ0v) is 26.9. The Morgan fingerprint density at radius 1 is 1.12 bits per heavy atom. The smallest absolute Gasteiger partial charge is 0.441 e. The van der Waals surface area contributed by atoms with Crippen LogP contribution < -0.4 is 68.4 Å². The molecule has 34 heavy (non-hydrogen) atoms. The van der Waals surface area contributed by atoms with Gasteiger partial charge in [0.25, 0.3) is 0 Å². The molecule has 2 heterocycles. The molecule has 0 radical (unpaired) electrons. The summed E-state index contributed by atoms with van der Waals surface area (Å²) in [5.74, 6) is 2.38. The van der Waals surface area contributed by atoms with Gasteiger partial charge in [-0.2, -0.15) is 19.8 Å². The van der Waals surface area contributed by atoms with Crippen LogP contribution in [-0.4, -0.2) is 52.6 Å². The van der Waals surface area contributed by atoms with E-state index in [2.05, 4.69) is 11.8 Å². The minimum atomic E-state index is -4.29. The number of rotatable bonds is 4. The van der Waals surface area contributed by atoms with E-state index in [4.69, 9.17) is 4.74 Å². The predicted molar refractivity (Wildman–Crippen MR) is 131 cm³/mol. The number of benzene rings is 1. The molecule has 3 fully saturated rings. The fraction of sp³-hybridized carbons (Fsp3) is 0.640. The van der Waals surface area contributed by atoms with Crippen LogP contribution in [0.2, 0.25) is 0 Å². The van der Waals surface area contributed by atoms with Gasteiger partial charge < -0.3 is 32.8 Å². The van der Waals surface area contributed by atoms with Gasteiger partial charge in [-0.05, 0) is 30.8 Å². The first-order chi connectivity index (χ1) is 15.2. The van der Waals surface area contributed by atoms with Crippen LogP contribution in [0.4, 0.5) is 10.5 Å². The summed E-state index contributed by atoms with van der Waals surface area (Å²) in [4.78, 5) is 35.3. The van der Waals surface area contributed by atoms with Gasteiger partial charge in [0.05, 0.1) is 11.8 Å². The first-order valence-electron chi connectivity index (χ1n) is 11.9. The summed E-state index contributed by atoms with van der Waals surface area (Å²) in [6.07, 6.45) is 10.5. The summed E-state index contributed by atoms with van der Waals surface area (Å²) in [6.45, 7) is 5.82.